The van der Waals surface area contributed by atoms with Gasteiger partial charge in [-0.1, -0.05) is 11.6 Å². The normalized spacial score (nSPS) is 9.93. The van der Waals surface area contributed by atoms with E-state index in [1.807, 2.05) is 0 Å². The van der Waals surface area contributed by atoms with Crippen LogP contribution in [-0.4, -0.2) is 7.25 Å². The van der Waals surface area contributed by atoms with Crippen molar-refractivity contribution < 1.29 is 17.3 Å². The first kappa shape index (κ1) is 14.2. The van der Waals surface area contributed by atoms with Gasteiger partial charge in [-0.15, -0.1) is 0 Å². The second-order valence-electron chi connectivity index (χ2n) is 2.19. The van der Waals surface area contributed by atoms with Crippen molar-refractivity contribution in [3.05, 3.63) is 32.7 Å². The Morgan fingerprint density at radius 1 is 1.27 bits per heavy atom. The van der Waals surface area contributed by atoms with E-state index in [1.54, 1.807) is 18.2 Å². The van der Waals surface area contributed by atoms with Crippen LogP contribution in [0.5, 0.6) is 0 Å². The minimum absolute atomic E-state index is 0.452. The van der Waals surface area contributed by atoms with Gasteiger partial charge in [-0.2, -0.15) is 0 Å². The predicted octanol–water partition coefficient (Wildman–Crippen LogP) is 4.89. The van der Waals surface area contributed by atoms with Gasteiger partial charge in [0.1, 0.15) is 0 Å². The van der Waals surface area contributed by atoms with E-state index in [2.05, 4.69) is 20.9 Å². The van der Waals surface area contributed by atoms with Gasteiger partial charge in [0, 0.05) is 10.5 Å². The zero-order valence-electron chi connectivity index (χ0n) is 6.97. The van der Waals surface area contributed by atoms with Crippen LogP contribution in [0.25, 0.3) is 4.98 Å². The van der Waals surface area contributed by atoms with Crippen LogP contribution in [0.1, 0.15) is 0 Å². The summed E-state index contributed by atoms with van der Waals surface area (Å²) >= 11 is 8.88. The van der Waals surface area contributed by atoms with E-state index in [9.17, 15) is 17.3 Å². The lowest BCUT2D eigenvalue weighted by Crippen LogP contribution is -2.02. The average Bonchev–Trinajstić information content (AvgIpc) is 2.07. The number of rotatable bonds is 0. The number of diazo groups is 1. The third-order valence-electron chi connectivity index (χ3n) is 1.02. The summed E-state index contributed by atoms with van der Waals surface area (Å²) in [5.74, 6) is 0. The molecule has 2 nitrogen and oxygen atoms in total. The van der Waals surface area contributed by atoms with E-state index in [4.69, 9.17) is 17.0 Å². The zero-order valence-corrected chi connectivity index (χ0v) is 9.31. The molecule has 0 amide bonds. The lowest BCUT2D eigenvalue weighted by molar-refractivity contribution is 0.368. The van der Waals surface area contributed by atoms with Gasteiger partial charge in [-0.05, 0) is 22.0 Å². The number of hydrogen-bond donors (Lipinski definition) is 0. The molecular weight excluding hydrogens is 302 g/mol. The highest BCUT2D eigenvalue weighted by atomic mass is 79.9. The molecule has 82 valence electrons. The van der Waals surface area contributed by atoms with E-state index >= 15 is 0 Å². The standard InChI is InChI=1S/C6H3BrClN2.BF4/c7-5-2-1-4(10-9)3-6(5)8;2-1(3,4)5/h1-3H;/q+1;-1. The molecular formula is C6H3BBrClF4N2. The molecule has 0 unspecified atom stereocenters. The second kappa shape index (κ2) is 5.93. The molecule has 0 fully saturated rings. The first-order chi connectivity index (χ1) is 6.74. The maximum Gasteiger partial charge on any atom is 0.673 e. The summed E-state index contributed by atoms with van der Waals surface area (Å²) in [5, 5.41) is 8.84. The van der Waals surface area contributed by atoms with Crippen LogP contribution in [0.15, 0.2) is 22.7 Å². The lowest BCUT2D eigenvalue weighted by Gasteiger charge is -1.94. The van der Waals surface area contributed by atoms with Gasteiger partial charge < -0.3 is 17.3 Å². The SMILES string of the molecule is F[B-](F)(F)F.N#[N+]c1ccc(Br)c(Cl)c1. The van der Waals surface area contributed by atoms with Crippen LogP contribution >= 0.6 is 27.5 Å². The van der Waals surface area contributed by atoms with Crippen molar-refractivity contribution in [3.8, 4) is 0 Å². The minimum Gasteiger partial charge on any atom is -0.418 e. The zero-order chi connectivity index (χ0) is 12.1. The van der Waals surface area contributed by atoms with Crippen molar-refractivity contribution >= 4 is 40.5 Å². The highest BCUT2D eigenvalue weighted by Crippen LogP contribution is 2.26. The molecule has 0 bridgehead atoms. The van der Waals surface area contributed by atoms with Crippen LogP contribution in [0, 0.1) is 5.39 Å². The van der Waals surface area contributed by atoms with Crippen molar-refractivity contribution in [2.75, 3.05) is 0 Å². The lowest BCUT2D eigenvalue weighted by atomic mass is 10.3. The predicted molar refractivity (Wildman–Crippen MR) is 54.1 cm³/mol. The molecule has 0 aliphatic rings. The molecule has 15 heavy (non-hydrogen) atoms. The summed E-state index contributed by atoms with van der Waals surface area (Å²) in [7, 11) is -6.00. The van der Waals surface area contributed by atoms with Crippen LogP contribution in [0.3, 0.4) is 0 Å². The Balaban J connectivity index is 0.000000336. The van der Waals surface area contributed by atoms with Crippen molar-refractivity contribution in [2.24, 2.45) is 0 Å². The highest BCUT2D eigenvalue weighted by Gasteiger charge is 2.20. The molecule has 0 aromatic heterocycles. The first-order valence-electron chi connectivity index (χ1n) is 3.41. The summed E-state index contributed by atoms with van der Waals surface area (Å²) < 4.78 is 39.8. The van der Waals surface area contributed by atoms with Gasteiger partial charge in [-0.25, -0.2) is 0 Å². The number of hydrogen-bond acceptors (Lipinski definition) is 1. The molecule has 9 heteroatoms. The molecule has 0 aliphatic heterocycles. The summed E-state index contributed by atoms with van der Waals surface area (Å²) in [6.45, 7) is 0. The van der Waals surface area contributed by atoms with Crippen LogP contribution in [0.4, 0.5) is 23.0 Å². The van der Waals surface area contributed by atoms with Crippen LogP contribution < -0.4 is 0 Å². The second-order valence-corrected chi connectivity index (χ2v) is 3.45. The molecule has 0 N–H and O–H groups in total. The third-order valence-corrected chi connectivity index (χ3v) is 2.25. The molecule has 1 aromatic rings. The summed E-state index contributed by atoms with van der Waals surface area (Å²) in [5.41, 5.74) is 0.452. The largest absolute Gasteiger partial charge is 0.673 e. The van der Waals surface area contributed by atoms with Crippen molar-refractivity contribution in [1.29, 1.82) is 5.39 Å². The molecule has 0 saturated heterocycles. The Hall–Kier alpha value is -0.805. The van der Waals surface area contributed by atoms with E-state index in [0.29, 0.717) is 10.7 Å². The maximum atomic E-state index is 9.75. The number of halogens is 6. The molecule has 0 saturated carbocycles. The fraction of sp³-hybridized carbons (Fsp3) is 0. The van der Waals surface area contributed by atoms with Gasteiger partial charge in [0.2, 0.25) is 5.39 Å². The summed E-state index contributed by atoms with van der Waals surface area (Å²) in [6, 6.07) is 4.93. The van der Waals surface area contributed by atoms with Gasteiger partial charge in [0.15, 0.2) is 4.98 Å². The molecule has 0 spiro atoms. The van der Waals surface area contributed by atoms with Gasteiger partial charge in [0.25, 0.3) is 0 Å². The van der Waals surface area contributed by atoms with Gasteiger partial charge in [-0.3, -0.25) is 0 Å². The quantitative estimate of drug-likeness (QED) is 0.381. The Morgan fingerprint density at radius 3 is 2.07 bits per heavy atom. The first-order valence-corrected chi connectivity index (χ1v) is 4.58. The minimum atomic E-state index is -6.00. The fourth-order valence-corrected chi connectivity index (χ4v) is 0.969. The molecule has 1 aromatic carbocycles. The Bertz CT molecular complexity index is 372. The van der Waals surface area contributed by atoms with E-state index in [-0.39, 0.29) is 0 Å². The summed E-state index contributed by atoms with van der Waals surface area (Å²) in [4.78, 5) is 2.97. The van der Waals surface area contributed by atoms with Gasteiger partial charge >= 0.3 is 12.9 Å². The van der Waals surface area contributed by atoms with Crippen molar-refractivity contribution in [2.45, 2.75) is 0 Å². The van der Waals surface area contributed by atoms with Crippen LogP contribution in [0.2, 0.25) is 5.02 Å². The number of nitrogens with zero attached hydrogens (tertiary/aromatic N) is 2. The molecule has 0 atom stereocenters. The van der Waals surface area contributed by atoms with E-state index in [0.717, 1.165) is 4.47 Å². The molecule has 0 radical (unpaired) electrons. The molecule has 0 aliphatic carbocycles. The maximum absolute atomic E-state index is 9.75. The fourth-order valence-electron chi connectivity index (χ4n) is 0.547. The Labute approximate surface area is 96.1 Å². The summed E-state index contributed by atoms with van der Waals surface area (Å²) in [6.07, 6.45) is 0. The highest BCUT2D eigenvalue weighted by molar-refractivity contribution is 9.10. The number of benzene rings is 1. The van der Waals surface area contributed by atoms with Crippen LogP contribution in [-0.2, 0) is 0 Å². The van der Waals surface area contributed by atoms with Crippen molar-refractivity contribution in [3.63, 3.8) is 0 Å². The van der Waals surface area contributed by atoms with E-state index < -0.39 is 7.25 Å². The monoisotopic (exact) mass is 304 g/mol. The van der Waals surface area contributed by atoms with Crippen molar-refractivity contribution in [1.82, 2.24) is 0 Å². The van der Waals surface area contributed by atoms with E-state index in [1.165, 1.54) is 0 Å². The average molecular weight is 305 g/mol. The Kier molecular flexibility index (Phi) is 5.61. The topological polar surface area (TPSA) is 28.1 Å². The Morgan fingerprint density at radius 2 is 1.73 bits per heavy atom. The molecule has 1 rings (SSSR count). The van der Waals surface area contributed by atoms with Gasteiger partial charge in [0.05, 0.1) is 11.1 Å². The third kappa shape index (κ3) is 8.21. The smallest absolute Gasteiger partial charge is 0.418 e. The molecule has 0 heterocycles.